The Morgan fingerprint density at radius 1 is 1.14 bits per heavy atom. The number of ether oxygens (including phenoxy) is 2. The summed E-state index contributed by atoms with van der Waals surface area (Å²) in [6.07, 6.45) is 1.58. The van der Waals surface area contributed by atoms with Crippen LogP contribution in [-0.2, 0) is 22.1 Å². The number of ketones is 1. The molecule has 0 atom stereocenters. The van der Waals surface area contributed by atoms with Crippen molar-refractivity contribution in [3.05, 3.63) is 52.1 Å². The zero-order valence-corrected chi connectivity index (χ0v) is 27.2. The predicted octanol–water partition coefficient (Wildman–Crippen LogP) is 4.37. The Hall–Kier alpha value is -3.63. The van der Waals surface area contributed by atoms with E-state index in [4.69, 9.17) is 24.3 Å². The number of fused-ring (bicyclic) bond motifs is 1. The van der Waals surface area contributed by atoms with Gasteiger partial charge in [0, 0.05) is 36.7 Å². The Labute approximate surface area is 257 Å². The molecule has 0 radical (unpaired) electrons. The lowest BCUT2D eigenvalue weighted by Gasteiger charge is -2.25. The number of carbonyl (C=O) groups is 2. The first kappa shape index (κ1) is 34.6. The van der Waals surface area contributed by atoms with Crippen LogP contribution in [-0.4, -0.2) is 63.9 Å². The van der Waals surface area contributed by atoms with E-state index in [1.54, 1.807) is 23.1 Å². The average Bonchev–Trinajstić information content (AvgIpc) is 3.18. The molecule has 228 valence electrons. The van der Waals surface area contributed by atoms with E-state index in [0.717, 1.165) is 11.8 Å². The maximum atomic E-state index is 13.6. The number of hydrogen-bond donors (Lipinski definition) is 2. The summed E-state index contributed by atoms with van der Waals surface area (Å²) in [5.41, 5.74) is 1.70. The standard InChI is InChI=1S/C29H36N4O7S.BrH/c1-7-38-24-14-19-16-33(27(31)20(19)15-21(24)28(35)32-5)17-23(34)18-12-22(29(2,3)4)26(40-41(6,36)37)25(13-18)39-11-9-8-10-30;/h12-15,31H,7-9,11,16-17H2,1-6H3,(H,32,35);1H. The van der Waals surface area contributed by atoms with E-state index in [9.17, 15) is 18.0 Å². The van der Waals surface area contributed by atoms with Gasteiger partial charge in [0.15, 0.2) is 17.3 Å². The normalized spacial score (nSPS) is 12.6. The van der Waals surface area contributed by atoms with Gasteiger partial charge < -0.3 is 23.9 Å². The van der Waals surface area contributed by atoms with Crippen molar-refractivity contribution in [1.82, 2.24) is 10.2 Å². The van der Waals surface area contributed by atoms with E-state index >= 15 is 0 Å². The topological polar surface area (TPSA) is 159 Å². The first-order valence-corrected chi connectivity index (χ1v) is 15.0. The Morgan fingerprint density at radius 2 is 1.83 bits per heavy atom. The molecule has 0 unspecified atom stereocenters. The number of carbonyl (C=O) groups excluding carboxylic acids is 2. The van der Waals surface area contributed by atoms with Gasteiger partial charge in [-0.2, -0.15) is 13.7 Å². The summed E-state index contributed by atoms with van der Waals surface area (Å²) in [5.74, 6) is -0.0754. The molecule has 0 aromatic heterocycles. The Balaban J connectivity index is 0.00000616. The highest BCUT2D eigenvalue weighted by Crippen LogP contribution is 2.41. The highest BCUT2D eigenvalue weighted by Gasteiger charge is 2.31. The van der Waals surface area contributed by atoms with Crippen LogP contribution in [0.5, 0.6) is 17.2 Å². The molecule has 0 bridgehead atoms. The lowest BCUT2D eigenvalue weighted by atomic mass is 9.84. The van der Waals surface area contributed by atoms with Gasteiger partial charge in [-0.15, -0.1) is 17.0 Å². The molecule has 2 N–H and O–H groups in total. The highest BCUT2D eigenvalue weighted by molar-refractivity contribution is 8.93. The Bertz CT molecular complexity index is 1510. The van der Waals surface area contributed by atoms with Crippen LogP contribution >= 0.6 is 17.0 Å². The minimum atomic E-state index is -3.92. The number of amides is 1. The van der Waals surface area contributed by atoms with E-state index in [-0.39, 0.29) is 77.7 Å². The summed E-state index contributed by atoms with van der Waals surface area (Å²) in [7, 11) is -2.40. The summed E-state index contributed by atoms with van der Waals surface area (Å²) in [4.78, 5) is 27.6. The van der Waals surface area contributed by atoms with Gasteiger partial charge >= 0.3 is 10.1 Å². The number of halogens is 1. The molecule has 1 aliphatic rings. The molecule has 2 aromatic rings. The second-order valence-corrected chi connectivity index (χ2v) is 12.2. The van der Waals surface area contributed by atoms with E-state index in [1.165, 1.54) is 13.1 Å². The highest BCUT2D eigenvalue weighted by atomic mass is 79.9. The minimum absolute atomic E-state index is 0. The predicted molar refractivity (Wildman–Crippen MR) is 164 cm³/mol. The summed E-state index contributed by atoms with van der Waals surface area (Å²) in [5, 5.41) is 20.2. The van der Waals surface area contributed by atoms with Crippen LogP contribution in [0.4, 0.5) is 0 Å². The van der Waals surface area contributed by atoms with Crippen LogP contribution in [0.25, 0.3) is 0 Å². The summed E-state index contributed by atoms with van der Waals surface area (Å²) in [6, 6.07) is 8.39. The largest absolute Gasteiger partial charge is 0.493 e. The van der Waals surface area contributed by atoms with Gasteiger partial charge in [-0.1, -0.05) is 20.8 Å². The maximum absolute atomic E-state index is 13.6. The lowest BCUT2D eigenvalue weighted by Crippen LogP contribution is -2.30. The zero-order chi connectivity index (χ0) is 30.5. The molecule has 11 nitrogen and oxygen atoms in total. The number of hydrogen-bond acceptors (Lipinski definition) is 9. The third kappa shape index (κ3) is 8.23. The number of amidine groups is 1. The monoisotopic (exact) mass is 664 g/mol. The van der Waals surface area contributed by atoms with Gasteiger partial charge in [0.05, 0.1) is 37.6 Å². The lowest BCUT2D eigenvalue weighted by molar-refractivity contribution is 0.0952. The van der Waals surface area contributed by atoms with E-state index in [2.05, 4.69) is 5.32 Å². The molecule has 1 amide bonds. The molecule has 2 aromatic carbocycles. The van der Waals surface area contributed by atoms with Gasteiger partial charge in [-0.05, 0) is 48.6 Å². The van der Waals surface area contributed by atoms with Crippen LogP contribution in [0.2, 0.25) is 0 Å². The molecule has 0 saturated carbocycles. The molecular weight excluding hydrogens is 628 g/mol. The quantitative estimate of drug-likeness (QED) is 0.191. The third-order valence-electron chi connectivity index (χ3n) is 6.35. The molecule has 1 heterocycles. The van der Waals surface area contributed by atoms with Gasteiger partial charge in [-0.25, -0.2) is 0 Å². The smallest absolute Gasteiger partial charge is 0.306 e. The molecule has 0 spiro atoms. The first-order valence-electron chi connectivity index (χ1n) is 13.2. The number of Topliss-reactive ketones (excluding diaryl/α,β-unsaturated/α-hetero) is 1. The fourth-order valence-electron chi connectivity index (χ4n) is 4.41. The number of nitrogens with zero attached hydrogens (tertiary/aromatic N) is 2. The molecular formula is C29H37BrN4O7S. The average molecular weight is 666 g/mol. The Kier molecular flexibility index (Phi) is 11.5. The molecule has 0 fully saturated rings. The van der Waals surface area contributed by atoms with Gasteiger partial charge in [0.25, 0.3) is 5.91 Å². The number of rotatable bonds is 12. The van der Waals surface area contributed by atoms with Crippen molar-refractivity contribution in [1.29, 1.82) is 10.7 Å². The molecule has 42 heavy (non-hydrogen) atoms. The number of benzene rings is 2. The van der Waals surface area contributed by atoms with Crippen molar-refractivity contribution in [3.8, 4) is 23.3 Å². The summed E-state index contributed by atoms with van der Waals surface area (Å²) in [6.45, 7) is 8.00. The first-order chi connectivity index (χ1) is 19.2. The maximum Gasteiger partial charge on any atom is 0.306 e. The SMILES string of the molecule is Br.CCOc1cc2c(cc1C(=O)NC)C(=N)N(CC(=O)c1cc(OCCCC#N)c(OS(C)(=O)=O)c(C(C)(C)C)c1)C2. The second-order valence-electron chi connectivity index (χ2n) is 10.6. The van der Waals surface area contributed by atoms with E-state index in [1.807, 2.05) is 33.8 Å². The second kappa shape index (κ2) is 14.0. The van der Waals surface area contributed by atoms with Crippen LogP contribution in [0, 0.1) is 16.7 Å². The minimum Gasteiger partial charge on any atom is -0.493 e. The van der Waals surface area contributed by atoms with Crippen molar-refractivity contribution in [2.24, 2.45) is 0 Å². The molecule has 0 aliphatic carbocycles. The van der Waals surface area contributed by atoms with Crippen LogP contribution < -0.4 is 19.0 Å². The Morgan fingerprint density at radius 3 is 2.40 bits per heavy atom. The van der Waals surface area contributed by atoms with Gasteiger partial charge in [0.2, 0.25) is 0 Å². The van der Waals surface area contributed by atoms with Gasteiger partial charge in [-0.3, -0.25) is 15.0 Å². The van der Waals surface area contributed by atoms with Crippen molar-refractivity contribution in [3.63, 3.8) is 0 Å². The van der Waals surface area contributed by atoms with E-state index in [0.29, 0.717) is 35.5 Å². The van der Waals surface area contributed by atoms with Crippen molar-refractivity contribution in [2.45, 2.75) is 52.5 Å². The van der Waals surface area contributed by atoms with Crippen molar-refractivity contribution < 1.29 is 31.7 Å². The fourth-order valence-corrected chi connectivity index (χ4v) is 4.89. The van der Waals surface area contributed by atoms with Crippen molar-refractivity contribution >= 4 is 44.6 Å². The fraction of sp³-hybridized carbons (Fsp3) is 0.448. The number of unbranched alkanes of at least 4 members (excludes halogenated alkanes) is 1. The zero-order valence-electron chi connectivity index (χ0n) is 24.6. The third-order valence-corrected chi connectivity index (χ3v) is 6.82. The molecule has 13 heteroatoms. The summed E-state index contributed by atoms with van der Waals surface area (Å²) < 4.78 is 41.0. The molecule has 0 saturated heterocycles. The summed E-state index contributed by atoms with van der Waals surface area (Å²) >= 11 is 0. The van der Waals surface area contributed by atoms with E-state index < -0.39 is 15.5 Å². The number of nitrogens with one attached hydrogen (secondary N) is 2. The molecule has 3 rings (SSSR count). The van der Waals surface area contributed by atoms with Crippen LogP contribution in [0.1, 0.15) is 77.9 Å². The molecule has 1 aliphatic heterocycles. The van der Waals surface area contributed by atoms with Gasteiger partial charge in [0.1, 0.15) is 11.6 Å². The number of nitriles is 1. The van der Waals surface area contributed by atoms with Crippen LogP contribution in [0.3, 0.4) is 0 Å². The van der Waals surface area contributed by atoms with Crippen LogP contribution in [0.15, 0.2) is 24.3 Å². The van der Waals surface area contributed by atoms with Crippen molar-refractivity contribution in [2.75, 3.05) is 33.1 Å².